The number of carbonyl (C=O) groups is 1. The molecule has 0 aliphatic carbocycles. The molecule has 1 heterocycles. The highest BCUT2D eigenvalue weighted by Gasteiger charge is 2.05. The number of hydrogen-bond donors (Lipinski definition) is 1. The van der Waals surface area contributed by atoms with E-state index in [1.807, 2.05) is 17.8 Å². The monoisotopic (exact) mass is 392 g/mol. The van der Waals surface area contributed by atoms with Crippen molar-refractivity contribution in [3.63, 3.8) is 0 Å². The van der Waals surface area contributed by atoms with Gasteiger partial charge in [-0.2, -0.15) is 5.10 Å². The van der Waals surface area contributed by atoms with Gasteiger partial charge >= 0.3 is 0 Å². The fourth-order valence-electron chi connectivity index (χ4n) is 1.98. The van der Waals surface area contributed by atoms with Crippen LogP contribution in [0.3, 0.4) is 0 Å². The lowest BCUT2D eigenvalue weighted by atomic mass is 10.3. The summed E-state index contributed by atoms with van der Waals surface area (Å²) in [4.78, 5) is 14.1. The maximum Gasteiger partial charge on any atom is 0.221 e. The zero-order valence-corrected chi connectivity index (χ0v) is 14.8. The van der Waals surface area contributed by atoms with Crippen LogP contribution in [0.2, 0.25) is 0 Å². The summed E-state index contributed by atoms with van der Waals surface area (Å²) in [6, 6.07) is 0. The average Bonchev–Trinajstić information content (AvgIpc) is 2.76. The summed E-state index contributed by atoms with van der Waals surface area (Å²) in [6.45, 7) is 10.9. The van der Waals surface area contributed by atoms with Crippen molar-refractivity contribution in [3.8, 4) is 0 Å². The van der Waals surface area contributed by atoms with E-state index in [4.69, 9.17) is 0 Å². The number of amides is 1. The molecule has 0 aliphatic heterocycles. The number of aryl methyl sites for hydroxylation is 2. The van der Waals surface area contributed by atoms with Gasteiger partial charge in [-0.3, -0.25) is 9.48 Å². The summed E-state index contributed by atoms with van der Waals surface area (Å²) >= 11 is 2.25. The maximum absolute atomic E-state index is 11.7. The zero-order valence-electron chi connectivity index (χ0n) is 12.7. The third-order valence-electron chi connectivity index (χ3n) is 3.32. The Balaban J connectivity index is 2.14. The number of hydrogen-bond acceptors (Lipinski definition) is 3. The first kappa shape index (κ1) is 17.4. The van der Waals surface area contributed by atoms with E-state index in [0.717, 1.165) is 41.9 Å². The summed E-state index contributed by atoms with van der Waals surface area (Å²) in [7, 11) is 0. The molecule has 1 amide bonds. The Bertz CT molecular complexity index is 396. The van der Waals surface area contributed by atoms with E-state index in [0.29, 0.717) is 13.0 Å². The number of halogens is 1. The normalized spacial score (nSPS) is 11.1. The van der Waals surface area contributed by atoms with Crippen LogP contribution in [-0.4, -0.2) is 46.8 Å². The van der Waals surface area contributed by atoms with Gasteiger partial charge in [0.05, 0.1) is 9.26 Å². The highest BCUT2D eigenvalue weighted by Crippen LogP contribution is 2.08. The van der Waals surface area contributed by atoms with Crippen LogP contribution >= 0.6 is 22.6 Å². The van der Waals surface area contributed by atoms with Crippen LogP contribution in [0.25, 0.3) is 0 Å². The molecule has 0 saturated heterocycles. The molecule has 0 unspecified atom stereocenters. The zero-order chi connectivity index (χ0) is 15.0. The van der Waals surface area contributed by atoms with E-state index < -0.39 is 0 Å². The molecule has 0 aliphatic rings. The Morgan fingerprint density at radius 3 is 2.70 bits per heavy atom. The van der Waals surface area contributed by atoms with Crippen molar-refractivity contribution in [3.05, 3.63) is 15.5 Å². The van der Waals surface area contributed by atoms with Crippen LogP contribution < -0.4 is 5.32 Å². The van der Waals surface area contributed by atoms with Crippen molar-refractivity contribution in [2.75, 3.05) is 26.2 Å². The van der Waals surface area contributed by atoms with Gasteiger partial charge in [0, 0.05) is 25.7 Å². The second-order valence-corrected chi connectivity index (χ2v) is 5.97. The number of aromatic nitrogens is 2. The predicted molar refractivity (Wildman–Crippen MR) is 89.7 cm³/mol. The minimum absolute atomic E-state index is 0.104. The van der Waals surface area contributed by atoms with Gasteiger partial charge in [-0.25, -0.2) is 0 Å². The van der Waals surface area contributed by atoms with Crippen LogP contribution in [-0.2, 0) is 11.3 Å². The first-order valence-corrected chi connectivity index (χ1v) is 8.33. The smallest absolute Gasteiger partial charge is 0.221 e. The molecule has 1 rings (SSSR count). The molecule has 0 saturated carbocycles. The van der Waals surface area contributed by atoms with Crippen LogP contribution in [0.4, 0.5) is 0 Å². The van der Waals surface area contributed by atoms with Crippen LogP contribution in [0.15, 0.2) is 6.20 Å². The van der Waals surface area contributed by atoms with Gasteiger partial charge in [-0.1, -0.05) is 13.8 Å². The fraction of sp³-hybridized carbons (Fsp3) is 0.714. The van der Waals surface area contributed by atoms with Crippen molar-refractivity contribution in [2.45, 2.75) is 40.2 Å². The first-order chi connectivity index (χ1) is 9.56. The van der Waals surface area contributed by atoms with E-state index in [1.54, 1.807) is 0 Å². The van der Waals surface area contributed by atoms with E-state index in [2.05, 4.69) is 51.8 Å². The second-order valence-electron chi connectivity index (χ2n) is 4.81. The molecule has 6 heteroatoms. The minimum atomic E-state index is 0.104. The molecule has 0 radical (unpaired) electrons. The summed E-state index contributed by atoms with van der Waals surface area (Å²) < 4.78 is 2.98. The van der Waals surface area contributed by atoms with Gasteiger partial charge in [-0.15, -0.1) is 0 Å². The Kier molecular flexibility index (Phi) is 8.13. The van der Waals surface area contributed by atoms with Crippen molar-refractivity contribution in [1.29, 1.82) is 0 Å². The molecule has 1 aromatic heterocycles. The molecule has 0 bridgehead atoms. The molecular weight excluding hydrogens is 367 g/mol. The third kappa shape index (κ3) is 6.21. The molecule has 114 valence electrons. The van der Waals surface area contributed by atoms with Crippen molar-refractivity contribution < 1.29 is 4.79 Å². The largest absolute Gasteiger partial charge is 0.356 e. The molecule has 1 aromatic rings. The van der Waals surface area contributed by atoms with Gasteiger partial charge in [0.15, 0.2) is 0 Å². The third-order valence-corrected chi connectivity index (χ3v) is 4.38. The summed E-state index contributed by atoms with van der Waals surface area (Å²) in [5.41, 5.74) is 1.02. The average molecular weight is 392 g/mol. The van der Waals surface area contributed by atoms with Crippen LogP contribution in [0.5, 0.6) is 0 Å². The predicted octanol–water partition coefficient (Wildman–Crippen LogP) is 2.03. The molecule has 0 fully saturated rings. The summed E-state index contributed by atoms with van der Waals surface area (Å²) in [6.07, 6.45) is 3.47. The van der Waals surface area contributed by atoms with Crippen molar-refractivity contribution in [1.82, 2.24) is 20.0 Å². The first-order valence-electron chi connectivity index (χ1n) is 7.25. The van der Waals surface area contributed by atoms with Gasteiger partial charge in [0.2, 0.25) is 5.91 Å². The lowest BCUT2D eigenvalue weighted by molar-refractivity contribution is -0.121. The van der Waals surface area contributed by atoms with Gasteiger partial charge in [-0.05, 0) is 55.6 Å². The van der Waals surface area contributed by atoms with Crippen molar-refractivity contribution >= 4 is 28.5 Å². The summed E-state index contributed by atoms with van der Waals surface area (Å²) in [5, 5.41) is 7.32. The molecule has 0 spiro atoms. The lowest BCUT2D eigenvalue weighted by Gasteiger charge is -2.17. The Morgan fingerprint density at radius 1 is 1.45 bits per heavy atom. The number of nitrogens with zero attached hydrogens (tertiary/aromatic N) is 3. The van der Waals surface area contributed by atoms with E-state index in [1.165, 1.54) is 0 Å². The van der Waals surface area contributed by atoms with Crippen LogP contribution in [0.1, 0.15) is 32.4 Å². The number of carbonyl (C=O) groups excluding carboxylic acids is 1. The molecule has 20 heavy (non-hydrogen) atoms. The maximum atomic E-state index is 11.7. The quantitative estimate of drug-likeness (QED) is 0.517. The second kappa shape index (κ2) is 9.33. The van der Waals surface area contributed by atoms with Gasteiger partial charge < -0.3 is 10.2 Å². The standard InChI is InChI=1S/C14H25IN4O/c1-4-18(5-2)9-6-8-16-14(20)7-10-19-11-13(15)12(3)17-19/h11H,4-10H2,1-3H3,(H,16,20). The topological polar surface area (TPSA) is 50.2 Å². The highest BCUT2D eigenvalue weighted by molar-refractivity contribution is 14.1. The van der Waals surface area contributed by atoms with Crippen LogP contribution in [0, 0.1) is 10.5 Å². The lowest BCUT2D eigenvalue weighted by Crippen LogP contribution is -2.30. The Morgan fingerprint density at radius 2 is 2.15 bits per heavy atom. The van der Waals surface area contributed by atoms with E-state index in [-0.39, 0.29) is 5.91 Å². The molecule has 1 N–H and O–H groups in total. The number of nitrogens with one attached hydrogen (secondary N) is 1. The number of rotatable bonds is 9. The van der Waals surface area contributed by atoms with Gasteiger partial charge in [0.1, 0.15) is 0 Å². The van der Waals surface area contributed by atoms with E-state index in [9.17, 15) is 4.79 Å². The molecular formula is C14H25IN4O. The molecule has 0 aromatic carbocycles. The molecule has 0 atom stereocenters. The Labute approximate surface area is 135 Å². The highest BCUT2D eigenvalue weighted by atomic mass is 127. The minimum Gasteiger partial charge on any atom is -0.356 e. The van der Waals surface area contributed by atoms with Crippen molar-refractivity contribution in [2.24, 2.45) is 0 Å². The van der Waals surface area contributed by atoms with E-state index >= 15 is 0 Å². The Hall–Kier alpha value is -0.630. The molecule has 5 nitrogen and oxygen atoms in total. The van der Waals surface area contributed by atoms with Gasteiger partial charge in [0.25, 0.3) is 0 Å². The summed E-state index contributed by atoms with van der Waals surface area (Å²) in [5.74, 6) is 0.104. The fourth-order valence-corrected chi connectivity index (χ4v) is 2.41. The SMILES string of the molecule is CCN(CC)CCCNC(=O)CCn1cc(I)c(C)n1.